The van der Waals surface area contributed by atoms with Gasteiger partial charge in [0.05, 0.1) is 11.6 Å². The van der Waals surface area contributed by atoms with E-state index in [1.165, 1.54) is 12.1 Å². The molecule has 1 aromatic rings. The maximum atomic E-state index is 12.6. The zero-order valence-electron chi connectivity index (χ0n) is 16.3. The number of alkyl halides is 3. The van der Waals surface area contributed by atoms with Gasteiger partial charge in [0.15, 0.2) is 0 Å². The molecular weight excluding hydrogens is 407 g/mol. The van der Waals surface area contributed by atoms with Gasteiger partial charge in [0.2, 0.25) is 5.91 Å². The van der Waals surface area contributed by atoms with Crippen LogP contribution in [0, 0.1) is 5.92 Å². The molecule has 164 valence electrons. The molecule has 0 aromatic heterocycles. The van der Waals surface area contributed by atoms with Crippen molar-refractivity contribution in [3.63, 3.8) is 0 Å². The number of benzene rings is 1. The van der Waals surface area contributed by atoms with Gasteiger partial charge in [-0.05, 0) is 69.0 Å². The lowest BCUT2D eigenvalue weighted by molar-refractivity contribution is -0.137. The Balaban J connectivity index is 0.00000300. The number of hydrogen-bond acceptors (Lipinski definition) is 4. The molecule has 0 bridgehead atoms. The van der Waals surface area contributed by atoms with E-state index in [9.17, 15) is 18.0 Å². The lowest BCUT2D eigenvalue weighted by Gasteiger charge is -2.32. The number of ether oxygens (including phenoxy) is 1. The first-order valence-electron chi connectivity index (χ1n) is 9.95. The quantitative estimate of drug-likeness (QED) is 0.691. The molecule has 2 N–H and O–H groups in total. The van der Waals surface area contributed by atoms with Crippen LogP contribution in [0.4, 0.5) is 13.2 Å². The third kappa shape index (κ3) is 7.35. The molecule has 0 saturated carbocycles. The first kappa shape index (κ1) is 23.8. The highest BCUT2D eigenvalue weighted by Crippen LogP contribution is 2.30. The number of carbonyl (C=O) groups excluding carboxylic acids is 1. The summed E-state index contributed by atoms with van der Waals surface area (Å²) in [5, 5.41) is 6.27. The monoisotopic (exact) mass is 435 g/mol. The molecule has 1 amide bonds. The molecule has 5 nitrogen and oxygen atoms in total. The molecule has 0 radical (unpaired) electrons. The first-order chi connectivity index (χ1) is 13.4. The van der Waals surface area contributed by atoms with Crippen molar-refractivity contribution in [3.05, 3.63) is 29.8 Å². The summed E-state index contributed by atoms with van der Waals surface area (Å²) in [4.78, 5) is 14.4. The van der Waals surface area contributed by atoms with E-state index in [1.807, 2.05) is 0 Å². The second-order valence-corrected chi connectivity index (χ2v) is 7.57. The van der Waals surface area contributed by atoms with Crippen molar-refractivity contribution in [2.24, 2.45) is 5.92 Å². The maximum absolute atomic E-state index is 12.6. The summed E-state index contributed by atoms with van der Waals surface area (Å²) in [5.74, 6) is 0.961. The third-order valence-corrected chi connectivity index (χ3v) is 5.40. The summed E-state index contributed by atoms with van der Waals surface area (Å²) >= 11 is 0. The Labute approximate surface area is 175 Å². The predicted molar refractivity (Wildman–Crippen MR) is 107 cm³/mol. The van der Waals surface area contributed by atoms with Gasteiger partial charge >= 0.3 is 6.18 Å². The summed E-state index contributed by atoms with van der Waals surface area (Å²) in [6.07, 6.45) is -0.208. The van der Waals surface area contributed by atoms with Gasteiger partial charge in [0, 0.05) is 19.6 Å². The molecule has 9 heteroatoms. The van der Waals surface area contributed by atoms with Crippen LogP contribution < -0.4 is 15.4 Å². The van der Waals surface area contributed by atoms with E-state index < -0.39 is 11.7 Å². The average molecular weight is 436 g/mol. The van der Waals surface area contributed by atoms with Crippen molar-refractivity contribution < 1.29 is 22.7 Å². The molecule has 2 aliphatic rings. The molecule has 0 aliphatic carbocycles. The molecule has 2 atom stereocenters. The molecule has 2 saturated heterocycles. The molecule has 2 heterocycles. The Bertz CT molecular complexity index is 637. The number of carbonyl (C=O) groups is 1. The van der Waals surface area contributed by atoms with Crippen LogP contribution in [-0.2, 0) is 11.0 Å². The van der Waals surface area contributed by atoms with Crippen LogP contribution in [0.1, 0.15) is 31.2 Å². The van der Waals surface area contributed by atoms with Crippen LogP contribution in [0.5, 0.6) is 5.75 Å². The van der Waals surface area contributed by atoms with Crippen LogP contribution in [0.3, 0.4) is 0 Å². The second-order valence-electron chi connectivity index (χ2n) is 7.57. The van der Waals surface area contributed by atoms with Crippen molar-refractivity contribution in [2.45, 2.75) is 37.9 Å². The van der Waals surface area contributed by atoms with Crippen LogP contribution in [0.15, 0.2) is 24.3 Å². The van der Waals surface area contributed by atoms with Gasteiger partial charge in [-0.2, -0.15) is 13.2 Å². The van der Waals surface area contributed by atoms with Gasteiger partial charge in [0.25, 0.3) is 0 Å². The summed E-state index contributed by atoms with van der Waals surface area (Å²) in [6, 6.07) is 4.74. The number of amides is 1. The summed E-state index contributed by atoms with van der Waals surface area (Å²) < 4.78 is 43.3. The third-order valence-electron chi connectivity index (χ3n) is 5.40. The van der Waals surface area contributed by atoms with E-state index in [0.29, 0.717) is 24.8 Å². The number of rotatable bonds is 7. The molecular formula is C20H29ClF3N3O2. The SMILES string of the molecule is Cl.O=C(NCC1CCCN(CCOc2ccc(C(F)(F)F)cc2)C1)C1CCCN1. The zero-order valence-corrected chi connectivity index (χ0v) is 17.2. The Morgan fingerprint density at radius 3 is 2.62 bits per heavy atom. The highest BCUT2D eigenvalue weighted by molar-refractivity contribution is 5.85. The van der Waals surface area contributed by atoms with Gasteiger partial charge in [-0.15, -0.1) is 12.4 Å². The van der Waals surface area contributed by atoms with E-state index >= 15 is 0 Å². The van der Waals surface area contributed by atoms with Crippen LogP contribution >= 0.6 is 12.4 Å². The highest BCUT2D eigenvalue weighted by atomic mass is 35.5. The van der Waals surface area contributed by atoms with Crippen molar-refractivity contribution in [1.82, 2.24) is 15.5 Å². The fourth-order valence-electron chi connectivity index (χ4n) is 3.83. The summed E-state index contributed by atoms with van der Waals surface area (Å²) in [5.41, 5.74) is -0.673. The average Bonchev–Trinajstić information content (AvgIpc) is 3.21. The molecule has 2 unspecified atom stereocenters. The van der Waals surface area contributed by atoms with Crippen LogP contribution in [-0.4, -0.2) is 56.2 Å². The van der Waals surface area contributed by atoms with Crippen molar-refractivity contribution >= 4 is 18.3 Å². The number of piperidine rings is 1. The standard InChI is InChI=1S/C20H28F3N3O2.ClH/c21-20(22,23)16-5-7-17(8-6-16)28-12-11-26-10-2-3-15(14-26)13-25-19(27)18-4-1-9-24-18;/h5-8,15,18,24H,1-4,9-14H2,(H,25,27);1H. The minimum absolute atomic E-state index is 0. The highest BCUT2D eigenvalue weighted by Gasteiger charge is 2.30. The number of hydrogen-bond donors (Lipinski definition) is 2. The van der Waals surface area contributed by atoms with Crippen molar-refractivity contribution in [1.29, 1.82) is 0 Å². The minimum atomic E-state index is -4.33. The summed E-state index contributed by atoms with van der Waals surface area (Å²) in [6.45, 7) is 4.62. The smallest absolute Gasteiger partial charge is 0.416 e. The van der Waals surface area contributed by atoms with Gasteiger partial charge in [-0.1, -0.05) is 0 Å². The van der Waals surface area contributed by atoms with Gasteiger partial charge in [-0.25, -0.2) is 0 Å². The minimum Gasteiger partial charge on any atom is -0.492 e. The van der Waals surface area contributed by atoms with Gasteiger partial charge in [0.1, 0.15) is 12.4 Å². The molecule has 2 fully saturated rings. The molecule has 1 aromatic carbocycles. The number of nitrogens with zero attached hydrogens (tertiary/aromatic N) is 1. The lowest BCUT2D eigenvalue weighted by Crippen LogP contribution is -2.46. The number of halogens is 4. The van der Waals surface area contributed by atoms with E-state index in [4.69, 9.17) is 4.74 Å². The van der Waals surface area contributed by atoms with E-state index in [1.54, 1.807) is 0 Å². The summed E-state index contributed by atoms with van der Waals surface area (Å²) in [7, 11) is 0. The van der Waals surface area contributed by atoms with E-state index in [2.05, 4.69) is 15.5 Å². The number of likely N-dealkylation sites (tertiary alicyclic amines) is 1. The predicted octanol–water partition coefficient (Wildman–Crippen LogP) is 3.09. The Kier molecular flexibility index (Phi) is 9.04. The molecule has 29 heavy (non-hydrogen) atoms. The van der Waals surface area contributed by atoms with Crippen LogP contribution in [0.25, 0.3) is 0 Å². The van der Waals surface area contributed by atoms with E-state index in [0.717, 1.165) is 64.0 Å². The largest absolute Gasteiger partial charge is 0.492 e. The van der Waals surface area contributed by atoms with Crippen molar-refractivity contribution in [2.75, 3.05) is 39.3 Å². The molecule has 0 spiro atoms. The fraction of sp³-hybridized carbons (Fsp3) is 0.650. The van der Waals surface area contributed by atoms with Gasteiger partial charge in [-0.3, -0.25) is 9.69 Å². The second kappa shape index (κ2) is 11.0. The van der Waals surface area contributed by atoms with Gasteiger partial charge < -0.3 is 15.4 Å². The number of nitrogens with one attached hydrogen (secondary N) is 2. The van der Waals surface area contributed by atoms with Crippen molar-refractivity contribution in [3.8, 4) is 5.75 Å². The lowest BCUT2D eigenvalue weighted by atomic mass is 9.98. The first-order valence-corrected chi connectivity index (χ1v) is 9.95. The zero-order chi connectivity index (χ0) is 20.0. The van der Waals surface area contributed by atoms with E-state index in [-0.39, 0.29) is 24.4 Å². The maximum Gasteiger partial charge on any atom is 0.416 e. The molecule has 2 aliphatic heterocycles. The topological polar surface area (TPSA) is 53.6 Å². The Morgan fingerprint density at radius 1 is 1.21 bits per heavy atom. The fourth-order valence-corrected chi connectivity index (χ4v) is 3.83. The Hall–Kier alpha value is -1.51. The Morgan fingerprint density at radius 2 is 1.97 bits per heavy atom. The molecule has 3 rings (SSSR count). The van der Waals surface area contributed by atoms with Crippen LogP contribution in [0.2, 0.25) is 0 Å². The normalized spacial score (nSPS) is 22.7.